The molecule has 0 atom stereocenters. The average molecular weight is 349 g/mol. The topological polar surface area (TPSA) is 32.3 Å². The van der Waals surface area contributed by atoms with Gasteiger partial charge < -0.3 is 10.4 Å². The highest BCUT2D eigenvalue weighted by atomic mass is 79.9. The third kappa shape index (κ3) is 3.36. The molecule has 0 saturated carbocycles. The van der Waals surface area contributed by atoms with Crippen LogP contribution in [0.2, 0.25) is 5.02 Å². The van der Waals surface area contributed by atoms with Crippen molar-refractivity contribution in [2.75, 3.05) is 5.32 Å². The molecular weight excluding hydrogens is 340 g/mol. The van der Waals surface area contributed by atoms with Gasteiger partial charge in [0.05, 0.1) is 5.02 Å². The SMILES string of the molecule is Oc1c(F)cc(CNc2ccc(Br)c(Cl)c2)cc1F. The molecule has 2 N–H and O–H groups in total. The fourth-order valence-corrected chi connectivity index (χ4v) is 1.96. The number of aromatic hydroxyl groups is 1. The molecule has 0 aliphatic heterocycles. The molecule has 0 heterocycles. The van der Waals surface area contributed by atoms with Crippen molar-refractivity contribution in [1.29, 1.82) is 0 Å². The standard InChI is InChI=1S/C13H9BrClF2NO/c14-9-2-1-8(5-10(9)15)18-6-7-3-11(16)13(19)12(17)4-7/h1-5,18-19H,6H2. The molecule has 100 valence electrons. The molecule has 0 saturated heterocycles. The Bertz CT molecular complexity index is 599. The van der Waals surface area contributed by atoms with Gasteiger partial charge >= 0.3 is 0 Å². The summed E-state index contributed by atoms with van der Waals surface area (Å²) in [6.07, 6.45) is 0. The fourth-order valence-electron chi connectivity index (χ4n) is 1.53. The van der Waals surface area contributed by atoms with Crippen molar-refractivity contribution in [3.8, 4) is 5.75 Å². The lowest BCUT2D eigenvalue weighted by Crippen LogP contribution is -2.00. The number of benzene rings is 2. The third-order valence-electron chi connectivity index (χ3n) is 2.49. The van der Waals surface area contributed by atoms with E-state index >= 15 is 0 Å². The molecule has 0 amide bonds. The van der Waals surface area contributed by atoms with Crippen LogP contribution in [0.15, 0.2) is 34.8 Å². The van der Waals surface area contributed by atoms with E-state index in [2.05, 4.69) is 21.2 Å². The second kappa shape index (κ2) is 5.75. The van der Waals surface area contributed by atoms with Crippen LogP contribution in [0, 0.1) is 11.6 Å². The largest absolute Gasteiger partial charge is 0.503 e. The number of nitrogens with one attached hydrogen (secondary N) is 1. The van der Waals surface area contributed by atoms with Crippen LogP contribution < -0.4 is 5.32 Å². The second-order valence-corrected chi connectivity index (χ2v) is 5.15. The molecule has 0 unspecified atom stereocenters. The highest BCUT2D eigenvalue weighted by Crippen LogP contribution is 2.26. The monoisotopic (exact) mass is 347 g/mol. The number of phenolic OH excluding ortho intramolecular Hbond substituents is 1. The number of hydrogen-bond donors (Lipinski definition) is 2. The van der Waals surface area contributed by atoms with Gasteiger partial charge in [-0.2, -0.15) is 0 Å². The van der Waals surface area contributed by atoms with E-state index in [4.69, 9.17) is 16.7 Å². The van der Waals surface area contributed by atoms with Crippen molar-refractivity contribution in [3.05, 3.63) is 57.0 Å². The van der Waals surface area contributed by atoms with Gasteiger partial charge in [-0.3, -0.25) is 0 Å². The molecule has 6 heteroatoms. The summed E-state index contributed by atoms with van der Waals surface area (Å²) in [5.74, 6) is -2.92. The number of hydrogen-bond acceptors (Lipinski definition) is 2. The van der Waals surface area contributed by atoms with Crippen LogP contribution in [-0.2, 0) is 6.54 Å². The van der Waals surface area contributed by atoms with Gasteiger partial charge in [-0.1, -0.05) is 11.6 Å². The Hall–Kier alpha value is -1.33. The Morgan fingerprint density at radius 1 is 1.16 bits per heavy atom. The lowest BCUT2D eigenvalue weighted by Gasteiger charge is -2.08. The van der Waals surface area contributed by atoms with Gasteiger partial charge in [-0.05, 0) is 51.8 Å². The Morgan fingerprint density at radius 3 is 2.37 bits per heavy atom. The van der Waals surface area contributed by atoms with E-state index in [0.29, 0.717) is 10.6 Å². The van der Waals surface area contributed by atoms with E-state index in [1.165, 1.54) is 0 Å². The van der Waals surface area contributed by atoms with Crippen LogP contribution in [0.25, 0.3) is 0 Å². The molecule has 2 nitrogen and oxygen atoms in total. The molecule has 0 bridgehead atoms. The summed E-state index contributed by atoms with van der Waals surface area (Å²) in [7, 11) is 0. The molecule has 0 aromatic heterocycles. The minimum atomic E-state index is -0.981. The minimum Gasteiger partial charge on any atom is -0.503 e. The van der Waals surface area contributed by atoms with E-state index in [1.54, 1.807) is 18.2 Å². The number of halogens is 4. The average Bonchev–Trinajstić information content (AvgIpc) is 2.37. The van der Waals surface area contributed by atoms with Crippen LogP contribution in [0.1, 0.15) is 5.56 Å². The van der Waals surface area contributed by atoms with Gasteiger partial charge in [0, 0.05) is 16.7 Å². The van der Waals surface area contributed by atoms with Gasteiger partial charge in [-0.15, -0.1) is 0 Å². The molecule has 2 rings (SSSR count). The van der Waals surface area contributed by atoms with Gasteiger partial charge in [0.15, 0.2) is 17.4 Å². The molecular formula is C13H9BrClF2NO. The number of rotatable bonds is 3. The van der Waals surface area contributed by atoms with Crippen LogP contribution in [0.4, 0.5) is 14.5 Å². The van der Waals surface area contributed by atoms with Gasteiger partial charge in [0.25, 0.3) is 0 Å². The molecule has 2 aromatic carbocycles. The van der Waals surface area contributed by atoms with Gasteiger partial charge in [0.2, 0.25) is 0 Å². The highest BCUT2D eigenvalue weighted by Gasteiger charge is 2.09. The maximum absolute atomic E-state index is 13.1. The van der Waals surface area contributed by atoms with Crippen LogP contribution >= 0.6 is 27.5 Å². The van der Waals surface area contributed by atoms with Crippen molar-refractivity contribution >= 4 is 33.2 Å². The van der Waals surface area contributed by atoms with E-state index in [9.17, 15) is 8.78 Å². The van der Waals surface area contributed by atoms with E-state index in [-0.39, 0.29) is 6.54 Å². The van der Waals surface area contributed by atoms with E-state index in [1.807, 2.05) is 0 Å². The summed E-state index contributed by atoms with van der Waals surface area (Å²) in [6.45, 7) is 0.214. The zero-order valence-electron chi connectivity index (χ0n) is 9.55. The third-order valence-corrected chi connectivity index (χ3v) is 3.73. The Kier molecular flexibility index (Phi) is 4.27. The van der Waals surface area contributed by atoms with Crippen molar-refractivity contribution in [2.45, 2.75) is 6.54 Å². The molecule has 0 radical (unpaired) electrons. The van der Waals surface area contributed by atoms with E-state index in [0.717, 1.165) is 22.3 Å². The first-order chi connectivity index (χ1) is 8.97. The van der Waals surface area contributed by atoms with Crippen molar-refractivity contribution in [3.63, 3.8) is 0 Å². The summed E-state index contributed by atoms with van der Waals surface area (Å²) in [4.78, 5) is 0. The summed E-state index contributed by atoms with van der Waals surface area (Å²) < 4.78 is 27.0. The Morgan fingerprint density at radius 2 is 1.79 bits per heavy atom. The normalized spacial score (nSPS) is 10.5. The Labute approximate surface area is 122 Å². The number of phenols is 1. The summed E-state index contributed by atoms with van der Waals surface area (Å²) in [5.41, 5.74) is 1.11. The lowest BCUT2D eigenvalue weighted by molar-refractivity contribution is 0.395. The summed E-state index contributed by atoms with van der Waals surface area (Å²) in [6, 6.07) is 7.39. The molecule has 2 aromatic rings. The zero-order chi connectivity index (χ0) is 14.0. The molecule has 0 aliphatic rings. The van der Waals surface area contributed by atoms with Gasteiger partial charge in [-0.25, -0.2) is 8.78 Å². The fraction of sp³-hybridized carbons (Fsp3) is 0.0769. The van der Waals surface area contributed by atoms with Crippen LogP contribution in [0.3, 0.4) is 0 Å². The van der Waals surface area contributed by atoms with Crippen molar-refractivity contribution in [2.24, 2.45) is 0 Å². The summed E-state index contributed by atoms with van der Waals surface area (Å²) >= 11 is 9.19. The molecule has 0 aliphatic carbocycles. The predicted octanol–water partition coefficient (Wildman–Crippen LogP) is 4.70. The molecule has 0 fully saturated rings. The maximum atomic E-state index is 13.1. The maximum Gasteiger partial charge on any atom is 0.187 e. The van der Waals surface area contributed by atoms with Crippen LogP contribution in [-0.4, -0.2) is 5.11 Å². The Balaban J connectivity index is 2.12. The molecule has 0 spiro atoms. The van der Waals surface area contributed by atoms with Crippen molar-refractivity contribution < 1.29 is 13.9 Å². The van der Waals surface area contributed by atoms with Crippen LogP contribution in [0.5, 0.6) is 5.75 Å². The minimum absolute atomic E-state index is 0.214. The summed E-state index contributed by atoms with van der Waals surface area (Å²) in [5, 5.41) is 12.5. The first-order valence-electron chi connectivity index (χ1n) is 5.33. The number of anilines is 1. The predicted molar refractivity (Wildman–Crippen MR) is 74.5 cm³/mol. The lowest BCUT2D eigenvalue weighted by atomic mass is 10.2. The second-order valence-electron chi connectivity index (χ2n) is 3.89. The van der Waals surface area contributed by atoms with Gasteiger partial charge in [0.1, 0.15) is 0 Å². The highest BCUT2D eigenvalue weighted by molar-refractivity contribution is 9.10. The molecule has 19 heavy (non-hydrogen) atoms. The first-order valence-corrected chi connectivity index (χ1v) is 6.50. The quantitative estimate of drug-likeness (QED) is 0.843. The first kappa shape index (κ1) is 14.1. The smallest absolute Gasteiger partial charge is 0.187 e. The zero-order valence-corrected chi connectivity index (χ0v) is 11.9. The van der Waals surface area contributed by atoms with E-state index < -0.39 is 17.4 Å². The van der Waals surface area contributed by atoms with Crippen molar-refractivity contribution in [1.82, 2.24) is 0 Å².